The Morgan fingerprint density at radius 1 is 1.26 bits per heavy atom. The third-order valence-corrected chi connectivity index (χ3v) is 3.44. The van der Waals surface area contributed by atoms with Crippen LogP contribution in [0.4, 0.5) is 4.79 Å². The summed E-state index contributed by atoms with van der Waals surface area (Å²) in [6, 6.07) is 6.03. The number of halogens is 1. The average Bonchev–Trinajstić information content (AvgIpc) is 2.76. The molecule has 1 aliphatic rings. The summed E-state index contributed by atoms with van der Waals surface area (Å²) in [5.74, 6) is -0.561. The molecule has 0 radical (unpaired) electrons. The van der Waals surface area contributed by atoms with Crippen LogP contribution in [-0.4, -0.2) is 45.9 Å². The minimum Gasteiger partial charge on any atom is -0.488 e. The van der Waals surface area contributed by atoms with Gasteiger partial charge >= 0.3 is 12.1 Å². The van der Waals surface area contributed by atoms with E-state index in [2.05, 4.69) is 15.9 Å². The second kappa shape index (κ2) is 5.48. The van der Waals surface area contributed by atoms with E-state index in [0.717, 1.165) is 9.37 Å². The number of ether oxygens (including phenoxy) is 1. The molecule has 1 heterocycles. The van der Waals surface area contributed by atoms with Crippen molar-refractivity contribution in [1.82, 2.24) is 4.90 Å². The van der Waals surface area contributed by atoms with Gasteiger partial charge in [-0.3, -0.25) is 4.90 Å². The highest BCUT2D eigenvalue weighted by Crippen LogP contribution is 2.24. The predicted octanol–water partition coefficient (Wildman–Crippen LogP) is 2.03. The first kappa shape index (κ1) is 13.7. The Morgan fingerprint density at radius 3 is 2.37 bits per heavy atom. The lowest BCUT2D eigenvalue weighted by Crippen LogP contribution is -2.39. The fourth-order valence-corrected chi connectivity index (χ4v) is 2.30. The number of likely N-dealkylation sites (tertiary alicyclic amines) is 1. The molecule has 0 aliphatic carbocycles. The van der Waals surface area contributed by atoms with Crippen molar-refractivity contribution in [2.24, 2.45) is 0 Å². The molecule has 1 saturated heterocycles. The number of rotatable bonds is 3. The molecule has 0 aromatic heterocycles. The zero-order valence-corrected chi connectivity index (χ0v) is 11.4. The largest absolute Gasteiger partial charge is 0.488 e. The normalized spacial score (nSPS) is 22.3. The maximum atomic E-state index is 11.0. The third-order valence-electron chi connectivity index (χ3n) is 2.91. The quantitative estimate of drug-likeness (QED) is 0.886. The van der Waals surface area contributed by atoms with E-state index < -0.39 is 24.2 Å². The molecule has 6 nitrogen and oxygen atoms in total. The van der Waals surface area contributed by atoms with E-state index in [4.69, 9.17) is 14.9 Å². The lowest BCUT2D eigenvalue weighted by Gasteiger charge is -2.16. The number of amides is 1. The summed E-state index contributed by atoms with van der Waals surface area (Å²) in [6.07, 6.45) is -1.54. The molecular formula is C12H12BrNO5. The number of hydrogen-bond acceptors (Lipinski definition) is 3. The van der Waals surface area contributed by atoms with Gasteiger partial charge in [0.2, 0.25) is 0 Å². The van der Waals surface area contributed by atoms with Crippen LogP contribution in [0.3, 0.4) is 0 Å². The van der Waals surface area contributed by atoms with Gasteiger partial charge in [0.15, 0.2) is 0 Å². The van der Waals surface area contributed by atoms with Gasteiger partial charge in [0.1, 0.15) is 17.9 Å². The number of carboxylic acids is 1. The van der Waals surface area contributed by atoms with Gasteiger partial charge in [-0.1, -0.05) is 15.9 Å². The monoisotopic (exact) mass is 329 g/mol. The van der Waals surface area contributed by atoms with Crippen molar-refractivity contribution in [3.63, 3.8) is 0 Å². The van der Waals surface area contributed by atoms with E-state index in [1.807, 2.05) is 0 Å². The highest BCUT2D eigenvalue weighted by atomic mass is 79.9. The first-order valence-corrected chi connectivity index (χ1v) is 6.41. The molecule has 2 N–H and O–H groups in total. The minimum atomic E-state index is -1.24. The standard InChI is InChI=1S/C12H12BrNO5/c13-7-1-3-8(4-2-7)19-9-5-10(11(15)16)14(6-9)12(17)18/h1-4,9-10H,5-6H2,(H,15,16)(H,17,18). The van der Waals surface area contributed by atoms with Crippen molar-refractivity contribution in [2.75, 3.05) is 6.54 Å². The smallest absolute Gasteiger partial charge is 0.408 e. The summed E-state index contributed by atoms with van der Waals surface area (Å²) in [7, 11) is 0. The molecular weight excluding hydrogens is 318 g/mol. The van der Waals surface area contributed by atoms with Crippen molar-refractivity contribution in [1.29, 1.82) is 0 Å². The van der Waals surface area contributed by atoms with Gasteiger partial charge < -0.3 is 14.9 Å². The number of carboxylic acid groups (broad SMARTS) is 2. The van der Waals surface area contributed by atoms with Crippen molar-refractivity contribution in [3.8, 4) is 5.75 Å². The van der Waals surface area contributed by atoms with Crippen LogP contribution >= 0.6 is 15.9 Å². The first-order chi connectivity index (χ1) is 8.97. The van der Waals surface area contributed by atoms with E-state index >= 15 is 0 Å². The van der Waals surface area contributed by atoms with E-state index in [1.165, 1.54) is 0 Å². The molecule has 2 rings (SSSR count). The van der Waals surface area contributed by atoms with Gasteiger partial charge in [-0.15, -0.1) is 0 Å². The summed E-state index contributed by atoms with van der Waals surface area (Å²) in [4.78, 5) is 22.8. The molecule has 1 amide bonds. The minimum absolute atomic E-state index is 0.0579. The van der Waals surface area contributed by atoms with Crippen LogP contribution in [0.5, 0.6) is 5.75 Å². The van der Waals surface area contributed by atoms with Crippen LogP contribution in [0.1, 0.15) is 6.42 Å². The molecule has 1 aliphatic heterocycles. The first-order valence-electron chi connectivity index (χ1n) is 5.62. The molecule has 2 atom stereocenters. The zero-order valence-electron chi connectivity index (χ0n) is 9.82. The topological polar surface area (TPSA) is 87.1 Å². The zero-order chi connectivity index (χ0) is 14.0. The van der Waals surface area contributed by atoms with Crippen LogP contribution in [0.2, 0.25) is 0 Å². The number of hydrogen-bond donors (Lipinski definition) is 2. The third kappa shape index (κ3) is 3.17. The van der Waals surface area contributed by atoms with Crippen molar-refractivity contribution < 1.29 is 24.5 Å². The fraction of sp³-hybridized carbons (Fsp3) is 0.333. The molecule has 102 valence electrons. The molecule has 7 heteroatoms. The molecule has 1 aromatic carbocycles. The Kier molecular flexibility index (Phi) is 3.94. The van der Waals surface area contributed by atoms with Crippen LogP contribution in [0, 0.1) is 0 Å². The maximum Gasteiger partial charge on any atom is 0.408 e. The van der Waals surface area contributed by atoms with Crippen molar-refractivity contribution in [3.05, 3.63) is 28.7 Å². The summed E-state index contributed by atoms with van der Waals surface area (Å²) in [5, 5.41) is 17.9. The fourth-order valence-electron chi connectivity index (χ4n) is 2.03. The molecule has 0 bridgehead atoms. The Hall–Kier alpha value is -1.76. The van der Waals surface area contributed by atoms with Crippen LogP contribution in [0.25, 0.3) is 0 Å². The Labute approximate surface area is 117 Å². The van der Waals surface area contributed by atoms with E-state index in [1.54, 1.807) is 24.3 Å². The van der Waals surface area contributed by atoms with E-state index in [-0.39, 0.29) is 13.0 Å². The van der Waals surface area contributed by atoms with Gasteiger partial charge in [0, 0.05) is 10.9 Å². The van der Waals surface area contributed by atoms with E-state index in [9.17, 15) is 9.59 Å². The summed E-state index contributed by atoms with van der Waals surface area (Å²) >= 11 is 3.30. The lowest BCUT2D eigenvalue weighted by atomic mass is 10.2. The Bertz CT molecular complexity index is 467. The summed E-state index contributed by atoms with van der Waals surface area (Å²) in [5.41, 5.74) is 0. The highest BCUT2D eigenvalue weighted by molar-refractivity contribution is 9.10. The highest BCUT2D eigenvalue weighted by Gasteiger charge is 2.40. The lowest BCUT2D eigenvalue weighted by molar-refractivity contribution is -0.141. The molecule has 0 spiro atoms. The number of carbonyl (C=O) groups is 2. The van der Waals surface area contributed by atoms with Gasteiger partial charge in [-0.25, -0.2) is 9.59 Å². The van der Waals surface area contributed by atoms with E-state index in [0.29, 0.717) is 5.75 Å². The molecule has 1 fully saturated rings. The SMILES string of the molecule is O=C(O)C1CC(Oc2ccc(Br)cc2)CN1C(=O)O. The second-order valence-electron chi connectivity index (χ2n) is 4.22. The second-order valence-corrected chi connectivity index (χ2v) is 5.13. The Morgan fingerprint density at radius 2 is 1.89 bits per heavy atom. The maximum absolute atomic E-state index is 11.0. The average molecular weight is 330 g/mol. The number of nitrogens with zero attached hydrogens (tertiary/aromatic N) is 1. The summed E-state index contributed by atoms with van der Waals surface area (Å²) < 4.78 is 6.51. The number of benzene rings is 1. The van der Waals surface area contributed by atoms with Crippen molar-refractivity contribution in [2.45, 2.75) is 18.6 Å². The van der Waals surface area contributed by atoms with Crippen LogP contribution < -0.4 is 4.74 Å². The summed E-state index contributed by atoms with van der Waals surface area (Å²) in [6.45, 7) is 0.0579. The molecule has 1 aromatic rings. The number of aliphatic carboxylic acids is 1. The molecule has 0 saturated carbocycles. The van der Waals surface area contributed by atoms with Gasteiger partial charge in [0.05, 0.1) is 6.54 Å². The van der Waals surface area contributed by atoms with Crippen LogP contribution in [0.15, 0.2) is 28.7 Å². The Balaban J connectivity index is 2.05. The van der Waals surface area contributed by atoms with Gasteiger partial charge in [0.25, 0.3) is 0 Å². The predicted molar refractivity (Wildman–Crippen MR) is 69.3 cm³/mol. The molecule has 19 heavy (non-hydrogen) atoms. The molecule has 2 unspecified atom stereocenters. The van der Waals surface area contributed by atoms with Gasteiger partial charge in [-0.05, 0) is 24.3 Å². The van der Waals surface area contributed by atoms with Gasteiger partial charge in [-0.2, -0.15) is 0 Å². The van der Waals surface area contributed by atoms with Crippen LogP contribution in [-0.2, 0) is 4.79 Å². The van der Waals surface area contributed by atoms with Crippen molar-refractivity contribution >= 4 is 28.0 Å².